The highest BCUT2D eigenvalue weighted by Crippen LogP contribution is 2.31. The first-order valence-corrected chi connectivity index (χ1v) is 6.12. The van der Waals surface area contributed by atoms with Crippen LogP contribution in [0.5, 0.6) is 5.75 Å². The Kier molecular flexibility index (Phi) is 4.02. The van der Waals surface area contributed by atoms with E-state index in [2.05, 4.69) is 5.32 Å². The van der Waals surface area contributed by atoms with E-state index in [-0.39, 0.29) is 10.0 Å². The summed E-state index contributed by atoms with van der Waals surface area (Å²) < 4.78 is 18.3. The number of benzene rings is 2. The quantitative estimate of drug-likeness (QED) is 0.649. The summed E-state index contributed by atoms with van der Waals surface area (Å²) in [6.07, 6.45) is 0. The standard InChI is InChI=1S/C13H11Cl2FN2O/c1-19-8-2-3-12(11(17)6-8)18-7-4-9(14)13(16)10(15)5-7/h2-6,18H,17H2,1H3. The van der Waals surface area contributed by atoms with E-state index in [1.165, 1.54) is 12.1 Å². The molecule has 0 unspecified atom stereocenters. The van der Waals surface area contributed by atoms with E-state index in [1.54, 1.807) is 25.3 Å². The molecule has 0 aliphatic carbocycles. The van der Waals surface area contributed by atoms with Gasteiger partial charge in [0.15, 0.2) is 5.82 Å². The SMILES string of the molecule is COc1ccc(Nc2cc(Cl)c(F)c(Cl)c2)c(N)c1. The van der Waals surface area contributed by atoms with Gasteiger partial charge in [-0.25, -0.2) is 4.39 Å². The van der Waals surface area contributed by atoms with Crippen molar-refractivity contribution < 1.29 is 9.13 Å². The number of nitrogens with two attached hydrogens (primary N) is 1. The Morgan fingerprint density at radius 3 is 2.32 bits per heavy atom. The van der Waals surface area contributed by atoms with Crippen LogP contribution in [0.3, 0.4) is 0 Å². The average Bonchev–Trinajstić information content (AvgIpc) is 2.38. The first-order chi connectivity index (χ1) is 9.01. The van der Waals surface area contributed by atoms with Gasteiger partial charge in [0, 0.05) is 11.8 Å². The number of nitrogen functional groups attached to an aromatic ring is 1. The van der Waals surface area contributed by atoms with E-state index < -0.39 is 5.82 Å². The first-order valence-electron chi connectivity index (χ1n) is 5.36. The third-order valence-electron chi connectivity index (χ3n) is 2.52. The number of halogens is 3. The van der Waals surface area contributed by atoms with Crippen molar-refractivity contribution in [2.75, 3.05) is 18.2 Å². The second-order valence-corrected chi connectivity index (χ2v) is 4.65. The third-order valence-corrected chi connectivity index (χ3v) is 3.07. The summed E-state index contributed by atoms with van der Waals surface area (Å²) in [4.78, 5) is 0. The van der Waals surface area contributed by atoms with Crippen LogP contribution >= 0.6 is 23.2 Å². The Labute approximate surface area is 120 Å². The number of ether oxygens (including phenoxy) is 1. The molecule has 0 aliphatic heterocycles. The molecular formula is C13H11Cl2FN2O. The molecule has 2 aromatic carbocycles. The van der Waals surface area contributed by atoms with Crippen LogP contribution in [0.1, 0.15) is 0 Å². The van der Waals surface area contributed by atoms with Gasteiger partial charge >= 0.3 is 0 Å². The van der Waals surface area contributed by atoms with Crippen LogP contribution in [-0.4, -0.2) is 7.11 Å². The average molecular weight is 301 g/mol. The topological polar surface area (TPSA) is 47.3 Å². The predicted octanol–water partition coefficient (Wildman–Crippen LogP) is 4.47. The molecule has 19 heavy (non-hydrogen) atoms. The molecule has 6 heteroatoms. The summed E-state index contributed by atoms with van der Waals surface area (Å²) in [5.41, 5.74) is 7.57. The van der Waals surface area contributed by atoms with Crippen LogP contribution in [0.15, 0.2) is 30.3 Å². The first kappa shape index (κ1) is 13.8. The van der Waals surface area contributed by atoms with Crippen molar-refractivity contribution >= 4 is 40.3 Å². The van der Waals surface area contributed by atoms with Crippen molar-refractivity contribution in [1.29, 1.82) is 0 Å². The van der Waals surface area contributed by atoms with Crippen molar-refractivity contribution in [2.24, 2.45) is 0 Å². The molecule has 0 amide bonds. The molecule has 0 heterocycles. The molecule has 2 aromatic rings. The van der Waals surface area contributed by atoms with Crippen LogP contribution < -0.4 is 15.8 Å². The lowest BCUT2D eigenvalue weighted by molar-refractivity contribution is 0.415. The molecule has 0 aromatic heterocycles. The molecule has 0 bridgehead atoms. The zero-order valence-corrected chi connectivity index (χ0v) is 11.5. The van der Waals surface area contributed by atoms with Crippen LogP contribution in [-0.2, 0) is 0 Å². The summed E-state index contributed by atoms with van der Waals surface area (Å²) in [7, 11) is 1.56. The van der Waals surface area contributed by atoms with Gasteiger partial charge in [0.05, 0.1) is 28.5 Å². The monoisotopic (exact) mass is 300 g/mol. The van der Waals surface area contributed by atoms with Gasteiger partial charge in [0.2, 0.25) is 0 Å². The molecule has 0 atom stereocenters. The fourth-order valence-electron chi connectivity index (χ4n) is 1.56. The van der Waals surface area contributed by atoms with Crippen molar-refractivity contribution in [2.45, 2.75) is 0 Å². The minimum absolute atomic E-state index is 0.0536. The summed E-state index contributed by atoms with van der Waals surface area (Å²) >= 11 is 11.4. The molecule has 0 saturated carbocycles. The number of anilines is 3. The van der Waals surface area contributed by atoms with Crippen LogP contribution in [0.4, 0.5) is 21.5 Å². The Bertz CT molecular complexity index is 597. The molecule has 3 nitrogen and oxygen atoms in total. The maximum Gasteiger partial charge on any atom is 0.160 e. The van der Waals surface area contributed by atoms with Gasteiger partial charge in [-0.1, -0.05) is 23.2 Å². The Hall–Kier alpha value is -1.65. The van der Waals surface area contributed by atoms with Crippen LogP contribution in [0.25, 0.3) is 0 Å². The molecule has 0 saturated heterocycles. The summed E-state index contributed by atoms with van der Waals surface area (Å²) in [6, 6.07) is 8.05. The van der Waals surface area contributed by atoms with Crippen LogP contribution in [0, 0.1) is 5.82 Å². The highest BCUT2D eigenvalue weighted by Gasteiger charge is 2.09. The molecular weight excluding hydrogens is 290 g/mol. The van der Waals surface area contributed by atoms with Crippen LogP contribution in [0.2, 0.25) is 10.0 Å². The Morgan fingerprint density at radius 1 is 1.16 bits per heavy atom. The van der Waals surface area contributed by atoms with Crippen molar-refractivity contribution in [3.63, 3.8) is 0 Å². The zero-order chi connectivity index (χ0) is 14.0. The van der Waals surface area contributed by atoms with Gasteiger partial charge < -0.3 is 15.8 Å². The molecule has 2 rings (SSSR count). The second kappa shape index (κ2) is 5.55. The number of methoxy groups -OCH3 is 1. The van der Waals surface area contributed by atoms with Gasteiger partial charge in [-0.15, -0.1) is 0 Å². The molecule has 100 valence electrons. The minimum atomic E-state index is -0.642. The Balaban J connectivity index is 2.31. The molecule has 0 radical (unpaired) electrons. The number of hydrogen-bond donors (Lipinski definition) is 2. The summed E-state index contributed by atoms with van der Waals surface area (Å²) in [6.45, 7) is 0. The molecule has 0 spiro atoms. The van der Waals surface area contributed by atoms with Gasteiger partial charge in [0.25, 0.3) is 0 Å². The largest absolute Gasteiger partial charge is 0.497 e. The van der Waals surface area contributed by atoms with Gasteiger partial charge in [-0.3, -0.25) is 0 Å². The van der Waals surface area contributed by atoms with Crippen molar-refractivity contribution in [1.82, 2.24) is 0 Å². The maximum atomic E-state index is 13.3. The van der Waals surface area contributed by atoms with Gasteiger partial charge in [-0.05, 0) is 24.3 Å². The van der Waals surface area contributed by atoms with E-state index in [1.807, 2.05) is 0 Å². The summed E-state index contributed by atoms with van der Waals surface area (Å²) in [5.74, 6) is 0.00908. The zero-order valence-electron chi connectivity index (χ0n) is 10.0. The maximum absolute atomic E-state index is 13.3. The van der Waals surface area contributed by atoms with Gasteiger partial charge in [-0.2, -0.15) is 0 Å². The predicted molar refractivity (Wildman–Crippen MR) is 77.1 cm³/mol. The lowest BCUT2D eigenvalue weighted by Gasteiger charge is -2.11. The van der Waals surface area contributed by atoms with E-state index >= 15 is 0 Å². The lowest BCUT2D eigenvalue weighted by Crippen LogP contribution is -1.97. The van der Waals surface area contributed by atoms with E-state index in [0.29, 0.717) is 22.8 Å². The highest BCUT2D eigenvalue weighted by molar-refractivity contribution is 6.35. The number of hydrogen-bond acceptors (Lipinski definition) is 3. The Morgan fingerprint density at radius 2 is 1.79 bits per heavy atom. The molecule has 0 fully saturated rings. The smallest absolute Gasteiger partial charge is 0.160 e. The number of nitrogens with one attached hydrogen (secondary N) is 1. The van der Waals surface area contributed by atoms with Crippen molar-refractivity contribution in [3.8, 4) is 5.75 Å². The molecule has 0 aliphatic rings. The highest BCUT2D eigenvalue weighted by atomic mass is 35.5. The normalized spacial score (nSPS) is 10.3. The van der Waals surface area contributed by atoms with E-state index in [4.69, 9.17) is 33.7 Å². The van der Waals surface area contributed by atoms with Crippen molar-refractivity contribution in [3.05, 3.63) is 46.2 Å². The van der Waals surface area contributed by atoms with E-state index in [9.17, 15) is 4.39 Å². The summed E-state index contributed by atoms with van der Waals surface area (Å²) in [5, 5.41) is 2.91. The minimum Gasteiger partial charge on any atom is -0.497 e. The number of rotatable bonds is 3. The van der Waals surface area contributed by atoms with E-state index in [0.717, 1.165) is 0 Å². The fourth-order valence-corrected chi connectivity index (χ4v) is 2.05. The van der Waals surface area contributed by atoms with Gasteiger partial charge in [0.1, 0.15) is 5.75 Å². The molecule has 3 N–H and O–H groups in total. The second-order valence-electron chi connectivity index (χ2n) is 3.83. The third kappa shape index (κ3) is 3.03. The fraction of sp³-hybridized carbons (Fsp3) is 0.0769. The lowest BCUT2D eigenvalue weighted by atomic mass is 10.2.